The Labute approximate surface area is 139 Å². The van der Waals surface area contributed by atoms with Crippen molar-refractivity contribution in [3.8, 4) is 0 Å². The first kappa shape index (κ1) is 15.9. The molecule has 1 aliphatic rings. The summed E-state index contributed by atoms with van der Waals surface area (Å²) in [7, 11) is 1.88. The summed E-state index contributed by atoms with van der Waals surface area (Å²) in [4.78, 5) is 10.2. The zero-order valence-electron chi connectivity index (χ0n) is 14.7. The highest BCUT2D eigenvalue weighted by molar-refractivity contribution is 5.86. The van der Waals surface area contributed by atoms with Gasteiger partial charge in [0.15, 0.2) is 5.96 Å². The Morgan fingerprint density at radius 2 is 2.22 bits per heavy atom. The van der Waals surface area contributed by atoms with Crippen LogP contribution in [0, 0.1) is 12.3 Å². The SMILES string of the molecule is CN=C(NCCc1c[nH]c2cccc(C)c12)N1CCC(C)(C)C1. The van der Waals surface area contributed by atoms with E-state index < -0.39 is 0 Å². The van der Waals surface area contributed by atoms with Gasteiger partial charge in [0, 0.05) is 43.8 Å². The number of fused-ring (bicyclic) bond motifs is 1. The first-order valence-electron chi connectivity index (χ1n) is 8.51. The van der Waals surface area contributed by atoms with Crippen LogP contribution in [0.1, 0.15) is 31.4 Å². The van der Waals surface area contributed by atoms with Crippen LogP contribution in [0.3, 0.4) is 0 Å². The Bertz CT molecular complexity index is 711. The van der Waals surface area contributed by atoms with Crippen molar-refractivity contribution in [2.75, 3.05) is 26.7 Å². The standard InChI is InChI=1S/C19H28N4/c1-14-6-5-7-16-17(14)15(12-22-16)8-10-21-18(20-4)23-11-9-19(2,3)13-23/h5-7,12,22H,8-11,13H2,1-4H3,(H,20,21). The molecule has 0 saturated carbocycles. The number of aliphatic imine (C=N–C) groups is 1. The number of hydrogen-bond donors (Lipinski definition) is 2. The lowest BCUT2D eigenvalue weighted by molar-refractivity contribution is 0.370. The Morgan fingerprint density at radius 3 is 2.91 bits per heavy atom. The Balaban J connectivity index is 1.62. The largest absolute Gasteiger partial charge is 0.361 e. The van der Waals surface area contributed by atoms with Crippen molar-refractivity contribution in [2.24, 2.45) is 10.4 Å². The molecule has 1 aromatic heterocycles. The van der Waals surface area contributed by atoms with Gasteiger partial charge < -0.3 is 15.2 Å². The molecule has 0 aliphatic carbocycles. The van der Waals surface area contributed by atoms with E-state index in [1.54, 1.807) is 0 Å². The quantitative estimate of drug-likeness (QED) is 0.674. The van der Waals surface area contributed by atoms with Gasteiger partial charge in [0.2, 0.25) is 0 Å². The molecule has 4 heteroatoms. The number of benzene rings is 1. The van der Waals surface area contributed by atoms with Gasteiger partial charge in [0.05, 0.1) is 0 Å². The number of hydrogen-bond acceptors (Lipinski definition) is 1. The van der Waals surface area contributed by atoms with Gasteiger partial charge in [-0.15, -0.1) is 0 Å². The Kier molecular flexibility index (Phi) is 4.33. The van der Waals surface area contributed by atoms with Crippen molar-refractivity contribution in [1.29, 1.82) is 0 Å². The van der Waals surface area contributed by atoms with Gasteiger partial charge in [-0.1, -0.05) is 26.0 Å². The minimum Gasteiger partial charge on any atom is -0.361 e. The van der Waals surface area contributed by atoms with E-state index in [2.05, 4.69) is 65.4 Å². The summed E-state index contributed by atoms with van der Waals surface area (Å²) in [5.41, 5.74) is 4.34. The Hall–Kier alpha value is -1.97. The van der Waals surface area contributed by atoms with E-state index in [0.717, 1.165) is 32.0 Å². The zero-order valence-corrected chi connectivity index (χ0v) is 14.7. The van der Waals surface area contributed by atoms with Crippen LogP contribution in [-0.4, -0.2) is 42.5 Å². The molecule has 1 fully saturated rings. The summed E-state index contributed by atoms with van der Waals surface area (Å²) in [6, 6.07) is 6.43. The van der Waals surface area contributed by atoms with Crippen LogP contribution in [0.15, 0.2) is 29.4 Å². The molecule has 2 N–H and O–H groups in total. The lowest BCUT2D eigenvalue weighted by Crippen LogP contribution is -2.41. The molecule has 2 heterocycles. The molecule has 4 nitrogen and oxygen atoms in total. The molecule has 0 radical (unpaired) electrons. The Morgan fingerprint density at radius 1 is 1.39 bits per heavy atom. The van der Waals surface area contributed by atoms with E-state index in [-0.39, 0.29) is 0 Å². The minimum atomic E-state index is 0.394. The average Bonchev–Trinajstić information content (AvgIpc) is 3.08. The normalized spacial score (nSPS) is 17.9. The number of H-pyrrole nitrogens is 1. The monoisotopic (exact) mass is 312 g/mol. The number of rotatable bonds is 3. The third-order valence-electron chi connectivity index (χ3n) is 4.86. The van der Waals surface area contributed by atoms with Gasteiger partial charge in [-0.2, -0.15) is 0 Å². The summed E-state index contributed by atoms with van der Waals surface area (Å²) in [5.74, 6) is 1.03. The van der Waals surface area contributed by atoms with Gasteiger partial charge in [-0.3, -0.25) is 4.99 Å². The fourth-order valence-corrected chi connectivity index (χ4v) is 3.58. The fraction of sp³-hybridized carbons (Fsp3) is 0.526. The van der Waals surface area contributed by atoms with Crippen molar-refractivity contribution in [3.05, 3.63) is 35.5 Å². The second-order valence-corrected chi connectivity index (χ2v) is 7.37. The van der Waals surface area contributed by atoms with Crippen LogP contribution in [0.5, 0.6) is 0 Å². The molecule has 0 bridgehead atoms. The average molecular weight is 312 g/mol. The molecule has 0 amide bonds. The summed E-state index contributed by atoms with van der Waals surface area (Å²) in [6.45, 7) is 9.92. The van der Waals surface area contributed by atoms with E-state index in [4.69, 9.17) is 0 Å². The molecule has 1 aromatic carbocycles. The molecule has 0 spiro atoms. The predicted octanol–water partition coefficient (Wildman–Crippen LogP) is 3.33. The first-order chi connectivity index (χ1) is 11.0. The van der Waals surface area contributed by atoms with Gasteiger partial charge in [-0.25, -0.2) is 0 Å². The molecular weight excluding hydrogens is 284 g/mol. The van der Waals surface area contributed by atoms with Crippen LogP contribution in [-0.2, 0) is 6.42 Å². The van der Waals surface area contributed by atoms with Crippen LogP contribution in [0.4, 0.5) is 0 Å². The number of guanidine groups is 1. The molecular formula is C19H28N4. The second kappa shape index (κ2) is 6.26. The molecule has 124 valence electrons. The summed E-state index contributed by atoms with van der Waals surface area (Å²) in [5, 5.41) is 4.90. The summed E-state index contributed by atoms with van der Waals surface area (Å²) >= 11 is 0. The molecule has 2 aromatic rings. The van der Waals surface area contributed by atoms with Crippen molar-refractivity contribution in [2.45, 2.75) is 33.6 Å². The maximum Gasteiger partial charge on any atom is 0.193 e. The van der Waals surface area contributed by atoms with Crippen molar-refractivity contribution in [3.63, 3.8) is 0 Å². The lowest BCUT2D eigenvalue weighted by Gasteiger charge is -2.23. The van der Waals surface area contributed by atoms with Gasteiger partial charge in [-0.05, 0) is 42.4 Å². The minimum absolute atomic E-state index is 0.394. The first-order valence-corrected chi connectivity index (χ1v) is 8.51. The number of aromatic nitrogens is 1. The lowest BCUT2D eigenvalue weighted by atomic mass is 9.93. The van der Waals surface area contributed by atoms with Crippen LogP contribution in [0.2, 0.25) is 0 Å². The number of aryl methyl sites for hydroxylation is 1. The van der Waals surface area contributed by atoms with Crippen LogP contribution in [0.25, 0.3) is 10.9 Å². The van der Waals surface area contributed by atoms with E-state index in [1.807, 2.05) is 7.05 Å². The number of nitrogens with one attached hydrogen (secondary N) is 2. The smallest absolute Gasteiger partial charge is 0.193 e. The van der Waals surface area contributed by atoms with E-state index in [0.29, 0.717) is 5.41 Å². The zero-order chi connectivity index (χ0) is 16.4. The number of likely N-dealkylation sites (tertiary alicyclic amines) is 1. The van der Waals surface area contributed by atoms with Crippen molar-refractivity contribution < 1.29 is 0 Å². The van der Waals surface area contributed by atoms with E-state index >= 15 is 0 Å². The molecule has 23 heavy (non-hydrogen) atoms. The van der Waals surface area contributed by atoms with Gasteiger partial charge >= 0.3 is 0 Å². The van der Waals surface area contributed by atoms with Crippen molar-refractivity contribution >= 4 is 16.9 Å². The van der Waals surface area contributed by atoms with Crippen LogP contribution >= 0.6 is 0 Å². The molecule has 0 unspecified atom stereocenters. The highest BCUT2D eigenvalue weighted by Crippen LogP contribution is 2.28. The summed E-state index contributed by atoms with van der Waals surface area (Å²) < 4.78 is 0. The third kappa shape index (κ3) is 3.36. The maximum atomic E-state index is 4.46. The second-order valence-electron chi connectivity index (χ2n) is 7.37. The highest BCUT2D eigenvalue weighted by atomic mass is 15.3. The third-order valence-corrected chi connectivity index (χ3v) is 4.86. The number of aromatic amines is 1. The maximum absolute atomic E-state index is 4.46. The fourth-order valence-electron chi connectivity index (χ4n) is 3.58. The molecule has 1 saturated heterocycles. The summed E-state index contributed by atoms with van der Waals surface area (Å²) in [6.07, 6.45) is 4.37. The highest BCUT2D eigenvalue weighted by Gasteiger charge is 2.30. The molecule has 1 aliphatic heterocycles. The predicted molar refractivity (Wildman–Crippen MR) is 98.1 cm³/mol. The molecule has 3 rings (SSSR count). The number of nitrogens with zero attached hydrogens (tertiary/aromatic N) is 2. The molecule has 0 atom stereocenters. The van der Waals surface area contributed by atoms with Crippen LogP contribution < -0.4 is 5.32 Å². The topological polar surface area (TPSA) is 43.4 Å². The van der Waals surface area contributed by atoms with E-state index in [1.165, 1.54) is 28.5 Å². The van der Waals surface area contributed by atoms with Gasteiger partial charge in [0.25, 0.3) is 0 Å². The van der Waals surface area contributed by atoms with Gasteiger partial charge in [0.1, 0.15) is 0 Å². The van der Waals surface area contributed by atoms with E-state index in [9.17, 15) is 0 Å². The van der Waals surface area contributed by atoms with Crippen molar-refractivity contribution in [1.82, 2.24) is 15.2 Å².